The molecule has 0 radical (unpaired) electrons. The highest BCUT2D eigenvalue weighted by molar-refractivity contribution is 7.74. The lowest BCUT2D eigenvalue weighted by Crippen LogP contribution is -2.55. The van der Waals surface area contributed by atoms with Crippen LogP contribution in [0.3, 0.4) is 0 Å². The van der Waals surface area contributed by atoms with E-state index in [0.29, 0.717) is 12.6 Å². The highest BCUT2D eigenvalue weighted by atomic mass is 31.2. The predicted octanol–water partition coefficient (Wildman–Crippen LogP) is -1.47. The minimum atomic E-state index is -5.34. The van der Waals surface area contributed by atoms with Crippen molar-refractivity contribution in [3.63, 3.8) is 0 Å². The number of hydrogen-bond acceptors (Lipinski definition) is 4. The fourth-order valence-corrected chi connectivity index (χ4v) is 4.85. The molecule has 0 unspecified atom stereocenters. The third-order valence-electron chi connectivity index (χ3n) is 3.45. The lowest BCUT2D eigenvalue weighted by atomic mass is 10.3. The Hall–Kier alpha value is -1.41. The van der Waals surface area contributed by atoms with Gasteiger partial charge in [0.1, 0.15) is 11.8 Å². The second-order valence-corrected chi connectivity index (χ2v) is 8.71. The molecule has 4 N–H and O–H groups in total. The van der Waals surface area contributed by atoms with E-state index in [-0.39, 0.29) is 10.6 Å². The van der Waals surface area contributed by atoms with Gasteiger partial charge in [-0.05, 0) is 13.0 Å². The molecule has 22 heavy (non-hydrogen) atoms. The third-order valence-corrected chi connectivity index (χ3v) is 7.40. The van der Waals surface area contributed by atoms with Crippen LogP contribution in [0.25, 0.3) is 12.2 Å². The van der Waals surface area contributed by atoms with Crippen molar-refractivity contribution in [2.45, 2.75) is 18.4 Å². The molecule has 0 saturated carbocycles. The summed E-state index contributed by atoms with van der Waals surface area (Å²) >= 11 is 0. The second-order valence-electron chi connectivity index (χ2n) is 4.70. The van der Waals surface area contributed by atoms with Crippen molar-refractivity contribution in [2.24, 2.45) is 0 Å². The Kier molecular flexibility index (Phi) is 3.90. The first-order valence-electron chi connectivity index (χ1n) is 5.98. The van der Waals surface area contributed by atoms with Crippen LogP contribution in [-0.2, 0) is 15.7 Å². The summed E-state index contributed by atoms with van der Waals surface area (Å²) in [5.41, 5.74) is -0.486. The van der Waals surface area contributed by atoms with E-state index in [2.05, 4.69) is 0 Å². The van der Waals surface area contributed by atoms with E-state index in [4.69, 9.17) is 0 Å². The van der Waals surface area contributed by atoms with Gasteiger partial charge in [0.25, 0.3) is 5.69 Å². The Balaban J connectivity index is 3.02. The highest BCUT2D eigenvalue weighted by Gasteiger charge is 2.60. The molecule has 120 valence electrons. The molecule has 12 heteroatoms. The van der Waals surface area contributed by atoms with Crippen LogP contribution in [0.5, 0.6) is 0 Å². The maximum Gasteiger partial charge on any atom is 0.351 e. The molecule has 2 rings (SSSR count). The van der Waals surface area contributed by atoms with Gasteiger partial charge in [0.2, 0.25) is 10.2 Å². The van der Waals surface area contributed by atoms with Gasteiger partial charge >= 0.3 is 15.2 Å². The Labute approximate surface area is 123 Å². The van der Waals surface area contributed by atoms with Gasteiger partial charge in [-0.1, -0.05) is 0 Å². The van der Waals surface area contributed by atoms with Crippen LogP contribution in [0.4, 0.5) is 5.69 Å². The molecule has 0 spiro atoms. The topological polar surface area (TPSA) is 162 Å². The zero-order valence-electron chi connectivity index (χ0n) is 11.2. The Morgan fingerprint density at radius 2 is 1.77 bits per heavy atom. The van der Waals surface area contributed by atoms with Crippen molar-refractivity contribution in [1.82, 2.24) is 0 Å². The number of fused-ring (bicyclic) bond motifs is 1. The minimum Gasteiger partial charge on any atom is -0.323 e. The summed E-state index contributed by atoms with van der Waals surface area (Å²) in [6.45, 7) is 1.97. The molecule has 10 nitrogen and oxygen atoms in total. The largest absolute Gasteiger partial charge is 0.351 e. The van der Waals surface area contributed by atoms with E-state index >= 15 is 0 Å². The summed E-state index contributed by atoms with van der Waals surface area (Å²) < 4.78 is 24.8. The first-order valence-corrected chi connectivity index (χ1v) is 9.21. The average Bonchev–Trinajstić information content (AvgIpc) is 2.77. The lowest BCUT2D eigenvalue weighted by Gasteiger charge is -2.26. The summed E-state index contributed by atoms with van der Waals surface area (Å²) in [6.07, 6.45) is 2.64. The highest BCUT2D eigenvalue weighted by Crippen LogP contribution is 2.71. The second kappa shape index (κ2) is 5.06. The summed E-state index contributed by atoms with van der Waals surface area (Å²) in [7, 11) is -10.7. The zero-order valence-corrected chi connectivity index (χ0v) is 13.0. The quantitative estimate of drug-likeness (QED) is 0.221. The fraction of sp³-hybridized carbons (Fsp3) is 0.300. The van der Waals surface area contributed by atoms with E-state index in [0.717, 1.165) is 12.1 Å². The van der Waals surface area contributed by atoms with Gasteiger partial charge in [-0.2, -0.15) is 4.57 Å². The Bertz CT molecular complexity index is 846. The summed E-state index contributed by atoms with van der Waals surface area (Å²) in [5, 5.41) is 10.8. The number of aromatic nitrogens is 1. The van der Waals surface area contributed by atoms with E-state index in [1.165, 1.54) is 10.8 Å². The molecule has 0 fully saturated rings. The molecule has 1 aromatic rings. The Morgan fingerprint density at radius 3 is 2.18 bits per heavy atom. The van der Waals surface area contributed by atoms with Crippen LogP contribution >= 0.6 is 15.2 Å². The molecule has 1 aromatic heterocycles. The molecule has 0 bridgehead atoms. The molecule has 0 aliphatic heterocycles. The first kappa shape index (κ1) is 17.0. The van der Waals surface area contributed by atoms with Crippen LogP contribution in [0.15, 0.2) is 12.3 Å². The van der Waals surface area contributed by atoms with Crippen molar-refractivity contribution in [1.29, 1.82) is 0 Å². The van der Waals surface area contributed by atoms with Gasteiger partial charge in [0, 0.05) is 6.08 Å². The summed E-state index contributed by atoms with van der Waals surface area (Å²) in [4.78, 5) is 45.2. The monoisotopic (exact) mass is 351 g/mol. The van der Waals surface area contributed by atoms with Crippen molar-refractivity contribution in [3.8, 4) is 0 Å². The molecule has 0 amide bonds. The number of pyridine rings is 1. The Morgan fingerprint density at radius 1 is 1.23 bits per heavy atom. The van der Waals surface area contributed by atoms with Gasteiger partial charge < -0.3 is 19.6 Å². The minimum absolute atomic E-state index is 0.0108. The summed E-state index contributed by atoms with van der Waals surface area (Å²) in [6, 6.07) is 1.11. The van der Waals surface area contributed by atoms with Crippen LogP contribution in [0, 0.1) is 10.1 Å². The van der Waals surface area contributed by atoms with Crippen LogP contribution < -0.4 is 15.1 Å². The molecule has 1 aliphatic rings. The van der Waals surface area contributed by atoms with Gasteiger partial charge in [-0.3, -0.25) is 19.2 Å². The van der Waals surface area contributed by atoms with E-state index in [9.17, 15) is 38.8 Å². The standard InChI is InChI=1S/C10H12N2O8P2/c1-2-11-4-3-8(12(13)14)7-5-10(6-9(7)11,21(15,16)17)22(18,19)20/h3-6H,2H2,1H3,(H3-,15,16,17,18,19,20)/p+1. The first-order chi connectivity index (χ1) is 9.94. The van der Waals surface area contributed by atoms with Crippen LogP contribution in [0.2, 0.25) is 0 Å². The normalized spacial score (nSPS) is 16.6. The maximum atomic E-state index is 11.7. The number of nitrogens with zero attached hydrogens (tertiary/aromatic N) is 2. The van der Waals surface area contributed by atoms with Gasteiger partial charge in [0.05, 0.1) is 11.0 Å². The van der Waals surface area contributed by atoms with Gasteiger partial charge in [-0.15, -0.1) is 0 Å². The van der Waals surface area contributed by atoms with Crippen molar-refractivity contribution >= 4 is 33.0 Å². The van der Waals surface area contributed by atoms with Crippen LogP contribution in [-0.4, -0.2) is 29.4 Å². The van der Waals surface area contributed by atoms with Gasteiger partial charge in [-0.25, -0.2) is 0 Å². The van der Waals surface area contributed by atoms with Gasteiger partial charge in [0.15, 0.2) is 6.20 Å². The predicted molar refractivity (Wildman–Crippen MR) is 74.0 cm³/mol. The molecule has 1 heterocycles. The van der Waals surface area contributed by atoms with Crippen molar-refractivity contribution in [2.75, 3.05) is 0 Å². The smallest absolute Gasteiger partial charge is 0.323 e. The van der Waals surface area contributed by atoms with E-state index in [1.54, 1.807) is 6.92 Å². The molecule has 0 atom stereocenters. The lowest BCUT2D eigenvalue weighted by molar-refractivity contribution is -0.707. The average molecular weight is 351 g/mol. The van der Waals surface area contributed by atoms with Crippen molar-refractivity contribution < 1.29 is 38.2 Å². The number of rotatable bonds is 4. The van der Waals surface area contributed by atoms with E-state index < -0.39 is 30.7 Å². The molecular formula is C10H13N2O8P2+. The summed E-state index contributed by atoms with van der Waals surface area (Å²) in [5.74, 6) is 0. The maximum absolute atomic E-state index is 11.7. The van der Waals surface area contributed by atoms with Crippen molar-refractivity contribution in [3.05, 3.63) is 32.9 Å². The third kappa shape index (κ3) is 2.34. The molecular weight excluding hydrogens is 338 g/mol. The number of nitro groups is 1. The SMILES string of the molecule is CC[n+]1ccc([N+](=O)[O-])c2c1=CC(P(=O)(O)O)(P(=O)(O)O)C=2. The number of hydrogen-bond donors (Lipinski definition) is 4. The molecule has 0 aromatic carbocycles. The fourth-order valence-electron chi connectivity index (χ4n) is 2.32. The van der Waals surface area contributed by atoms with Crippen LogP contribution in [0.1, 0.15) is 6.92 Å². The van der Waals surface area contributed by atoms with E-state index in [1.807, 2.05) is 0 Å². The zero-order chi connectivity index (χ0) is 16.9. The molecule has 1 aliphatic carbocycles. The number of aryl methyl sites for hydroxylation is 1. The molecule has 0 saturated heterocycles.